The summed E-state index contributed by atoms with van der Waals surface area (Å²) in [6, 6.07) is -1.02. The fraction of sp³-hybridized carbons (Fsp3) is 0.825. The molecule has 0 heterocycles. The molecule has 0 aliphatic carbocycles. The van der Waals surface area contributed by atoms with Crippen LogP contribution in [0.1, 0.15) is 181 Å². The molecule has 4 atom stereocenters. The zero-order valence-electron chi connectivity index (χ0n) is 30.1. The van der Waals surface area contributed by atoms with Gasteiger partial charge < -0.3 is 25.7 Å². The average molecular weight is 650 g/mol. The number of rotatable bonds is 34. The van der Waals surface area contributed by atoms with Crippen LogP contribution in [0.25, 0.3) is 0 Å². The lowest BCUT2D eigenvalue weighted by atomic mass is 10.0. The van der Waals surface area contributed by atoms with E-state index < -0.39 is 36.9 Å². The predicted molar refractivity (Wildman–Crippen MR) is 196 cm³/mol. The number of carbonyl (C=O) groups is 1. The summed E-state index contributed by atoms with van der Waals surface area (Å²) in [6.45, 7) is 3.95. The fourth-order valence-corrected chi connectivity index (χ4v) is 5.66. The Morgan fingerprint density at radius 1 is 0.522 bits per heavy atom. The van der Waals surface area contributed by atoms with Crippen molar-refractivity contribution in [3.05, 3.63) is 36.5 Å². The van der Waals surface area contributed by atoms with Gasteiger partial charge in [-0.3, -0.25) is 4.79 Å². The highest BCUT2D eigenvalue weighted by Crippen LogP contribution is 2.14. The zero-order chi connectivity index (χ0) is 33.9. The Hall–Kier alpha value is -1.47. The van der Waals surface area contributed by atoms with Crippen molar-refractivity contribution in [2.24, 2.45) is 0 Å². The van der Waals surface area contributed by atoms with Gasteiger partial charge in [0, 0.05) is 0 Å². The second-order valence-corrected chi connectivity index (χ2v) is 13.3. The number of nitrogens with one attached hydrogen (secondary N) is 1. The molecule has 270 valence electrons. The van der Waals surface area contributed by atoms with Gasteiger partial charge in [0.05, 0.1) is 18.8 Å². The van der Waals surface area contributed by atoms with Gasteiger partial charge in [0.2, 0.25) is 5.91 Å². The monoisotopic (exact) mass is 650 g/mol. The minimum atomic E-state index is -1.30. The van der Waals surface area contributed by atoms with Gasteiger partial charge in [0.1, 0.15) is 12.2 Å². The molecule has 0 rings (SSSR count). The smallest absolute Gasteiger partial charge is 0.249 e. The van der Waals surface area contributed by atoms with Crippen molar-refractivity contribution in [1.29, 1.82) is 0 Å². The van der Waals surface area contributed by atoms with E-state index in [9.17, 15) is 25.2 Å². The summed E-state index contributed by atoms with van der Waals surface area (Å²) in [4.78, 5) is 12.3. The largest absolute Gasteiger partial charge is 0.394 e. The average Bonchev–Trinajstić information content (AvgIpc) is 3.06. The van der Waals surface area contributed by atoms with E-state index in [2.05, 4.69) is 49.5 Å². The molecule has 4 unspecified atom stereocenters. The van der Waals surface area contributed by atoms with Crippen molar-refractivity contribution in [2.75, 3.05) is 6.61 Å². The maximum atomic E-state index is 12.3. The summed E-state index contributed by atoms with van der Waals surface area (Å²) in [6.07, 6.45) is 39.2. The van der Waals surface area contributed by atoms with Crippen molar-refractivity contribution in [2.45, 2.75) is 205 Å². The van der Waals surface area contributed by atoms with Gasteiger partial charge in [0.15, 0.2) is 0 Å². The van der Waals surface area contributed by atoms with E-state index in [1.165, 1.54) is 109 Å². The molecule has 46 heavy (non-hydrogen) atoms. The van der Waals surface area contributed by atoms with E-state index in [1.807, 2.05) is 6.08 Å². The second-order valence-electron chi connectivity index (χ2n) is 13.3. The SMILES string of the molecule is CCCCCC/C=C\CCC(O)C(=O)NC(CO)C(O)C(O)CCC/C=C/CC/C=C/CCCCCCCCCCCCCCC. The fourth-order valence-electron chi connectivity index (χ4n) is 5.66. The van der Waals surface area contributed by atoms with Crippen LogP contribution in [0.15, 0.2) is 36.5 Å². The highest BCUT2D eigenvalue weighted by Gasteiger charge is 2.28. The van der Waals surface area contributed by atoms with E-state index >= 15 is 0 Å². The Kier molecular flexibility index (Phi) is 33.7. The van der Waals surface area contributed by atoms with Crippen molar-refractivity contribution in [1.82, 2.24) is 5.32 Å². The Balaban J connectivity index is 3.82. The van der Waals surface area contributed by atoms with E-state index in [4.69, 9.17) is 0 Å². The third kappa shape index (κ3) is 28.7. The van der Waals surface area contributed by atoms with Crippen molar-refractivity contribution < 1.29 is 25.2 Å². The van der Waals surface area contributed by atoms with Gasteiger partial charge >= 0.3 is 0 Å². The van der Waals surface area contributed by atoms with E-state index in [0.717, 1.165) is 32.1 Å². The minimum absolute atomic E-state index is 0.274. The van der Waals surface area contributed by atoms with Crippen LogP contribution in [-0.4, -0.2) is 57.3 Å². The third-order valence-corrected chi connectivity index (χ3v) is 8.81. The van der Waals surface area contributed by atoms with E-state index in [0.29, 0.717) is 19.3 Å². The van der Waals surface area contributed by atoms with Crippen LogP contribution in [-0.2, 0) is 4.79 Å². The third-order valence-electron chi connectivity index (χ3n) is 8.81. The first kappa shape index (κ1) is 44.5. The maximum absolute atomic E-state index is 12.3. The Labute approximate surface area is 284 Å². The molecule has 6 nitrogen and oxygen atoms in total. The highest BCUT2D eigenvalue weighted by molar-refractivity contribution is 5.80. The zero-order valence-corrected chi connectivity index (χ0v) is 30.1. The van der Waals surface area contributed by atoms with Gasteiger partial charge in [-0.15, -0.1) is 0 Å². The van der Waals surface area contributed by atoms with Gasteiger partial charge in [-0.2, -0.15) is 0 Å². The molecule has 0 aromatic rings. The molecule has 0 aliphatic rings. The minimum Gasteiger partial charge on any atom is -0.394 e. The second kappa shape index (κ2) is 34.9. The topological polar surface area (TPSA) is 110 Å². The summed E-state index contributed by atoms with van der Waals surface area (Å²) in [7, 11) is 0. The van der Waals surface area contributed by atoms with Crippen LogP contribution in [0.5, 0.6) is 0 Å². The maximum Gasteiger partial charge on any atom is 0.249 e. The summed E-state index contributed by atoms with van der Waals surface area (Å²) in [5.74, 6) is -0.636. The molecule has 5 N–H and O–H groups in total. The first-order chi connectivity index (χ1) is 22.5. The summed E-state index contributed by atoms with van der Waals surface area (Å²) in [5.41, 5.74) is 0. The lowest BCUT2D eigenvalue weighted by Gasteiger charge is -2.27. The van der Waals surface area contributed by atoms with Crippen LogP contribution in [0, 0.1) is 0 Å². The Morgan fingerprint density at radius 2 is 0.913 bits per heavy atom. The van der Waals surface area contributed by atoms with Gasteiger partial charge in [0.25, 0.3) is 0 Å². The summed E-state index contributed by atoms with van der Waals surface area (Å²) in [5, 5.41) is 43.2. The van der Waals surface area contributed by atoms with E-state index in [-0.39, 0.29) is 6.42 Å². The molecule has 0 saturated carbocycles. The molecule has 0 fully saturated rings. The summed E-state index contributed by atoms with van der Waals surface area (Å²) >= 11 is 0. The lowest BCUT2D eigenvalue weighted by Crippen LogP contribution is -2.53. The van der Waals surface area contributed by atoms with Crippen molar-refractivity contribution >= 4 is 5.91 Å². The molecular formula is C40H75NO5. The molecule has 0 radical (unpaired) electrons. The van der Waals surface area contributed by atoms with Crippen LogP contribution in [0.3, 0.4) is 0 Å². The molecule has 0 aromatic carbocycles. The molecule has 1 amide bonds. The van der Waals surface area contributed by atoms with Crippen LogP contribution < -0.4 is 5.32 Å². The Morgan fingerprint density at radius 3 is 1.39 bits per heavy atom. The predicted octanol–water partition coefficient (Wildman–Crippen LogP) is 9.40. The van der Waals surface area contributed by atoms with Gasteiger partial charge in [-0.05, 0) is 70.6 Å². The van der Waals surface area contributed by atoms with Crippen molar-refractivity contribution in [3.63, 3.8) is 0 Å². The lowest BCUT2D eigenvalue weighted by molar-refractivity contribution is -0.132. The standard InChI is InChI=1S/C40H75NO5/c1-3-5-7-9-11-13-14-15-16-17-18-19-20-21-22-23-24-25-26-28-29-31-33-37(43)39(45)36(35-42)41-40(46)38(44)34-32-30-27-12-10-8-6-4-2/h22-23,26-28,30,36-39,42-45H,3-21,24-25,29,31-35H2,1-2H3,(H,41,46)/b23-22+,28-26+,30-27-. The molecule has 0 saturated heterocycles. The quantitative estimate of drug-likeness (QED) is 0.0352. The summed E-state index contributed by atoms with van der Waals surface area (Å²) < 4.78 is 0. The normalized spacial score (nSPS) is 14.8. The van der Waals surface area contributed by atoms with Crippen molar-refractivity contribution in [3.8, 4) is 0 Å². The molecule has 0 aliphatic heterocycles. The number of allylic oxidation sites excluding steroid dienone is 6. The highest BCUT2D eigenvalue weighted by atomic mass is 16.3. The number of aliphatic hydroxyl groups is 4. The first-order valence-electron chi connectivity index (χ1n) is 19.4. The number of amides is 1. The number of hydrogen-bond donors (Lipinski definition) is 5. The van der Waals surface area contributed by atoms with E-state index in [1.54, 1.807) is 0 Å². The molecular weight excluding hydrogens is 574 g/mol. The number of unbranched alkanes of at least 4 members (excludes halogenated alkanes) is 19. The molecule has 0 bridgehead atoms. The first-order valence-corrected chi connectivity index (χ1v) is 19.4. The molecule has 0 aromatic heterocycles. The van der Waals surface area contributed by atoms with Gasteiger partial charge in [-0.25, -0.2) is 0 Å². The molecule has 6 heteroatoms. The number of hydrogen-bond acceptors (Lipinski definition) is 5. The van der Waals surface area contributed by atoms with Gasteiger partial charge in [-0.1, -0.05) is 147 Å². The Bertz CT molecular complexity index is 737. The van der Waals surface area contributed by atoms with Crippen LogP contribution in [0.2, 0.25) is 0 Å². The van der Waals surface area contributed by atoms with Crippen LogP contribution in [0.4, 0.5) is 0 Å². The molecule has 0 spiro atoms. The number of carbonyl (C=O) groups excluding carboxylic acids is 1. The number of aliphatic hydroxyl groups excluding tert-OH is 4. The van der Waals surface area contributed by atoms with Crippen LogP contribution >= 0.6 is 0 Å².